The highest BCUT2D eigenvalue weighted by Gasteiger charge is 2.38. The Bertz CT molecular complexity index is 819. The average molecular weight is 372 g/mol. The molecule has 1 aliphatic rings. The van der Waals surface area contributed by atoms with Crippen LogP contribution >= 0.6 is 0 Å². The van der Waals surface area contributed by atoms with Crippen LogP contribution in [0, 0.1) is 5.82 Å². The maximum absolute atomic E-state index is 14.1. The van der Waals surface area contributed by atoms with Gasteiger partial charge < -0.3 is 9.64 Å². The van der Waals surface area contributed by atoms with Crippen LogP contribution in [0.15, 0.2) is 18.2 Å². The highest BCUT2D eigenvalue weighted by atomic mass is 19.4. The predicted octanol–water partition coefficient (Wildman–Crippen LogP) is 2.42. The molecule has 0 saturated heterocycles. The number of fused-ring (bicyclic) bond motifs is 1. The first kappa shape index (κ1) is 18.2. The van der Waals surface area contributed by atoms with Gasteiger partial charge in [0, 0.05) is 12.6 Å². The van der Waals surface area contributed by atoms with Crippen LogP contribution in [0.1, 0.15) is 24.1 Å². The van der Waals surface area contributed by atoms with Gasteiger partial charge in [0.2, 0.25) is 5.91 Å². The minimum Gasteiger partial charge on any atom is -0.494 e. The fourth-order valence-electron chi connectivity index (χ4n) is 2.67. The van der Waals surface area contributed by atoms with Crippen LogP contribution in [-0.2, 0) is 30.5 Å². The van der Waals surface area contributed by atoms with Crippen LogP contribution in [0.25, 0.3) is 0 Å². The molecule has 1 amide bonds. The van der Waals surface area contributed by atoms with Crippen molar-refractivity contribution in [2.75, 3.05) is 13.2 Å². The Balaban J connectivity index is 1.69. The molecule has 1 aliphatic heterocycles. The molecule has 0 radical (unpaired) electrons. The van der Waals surface area contributed by atoms with E-state index in [0.29, 0.717) is 12.4 Å². The smallest absolute Gasteiger partial charge is 0.453 e. The molecule has 0 atom stereocenters. The monoisotopic (exact) mass is 372 g/mol. The first-order valence-corrected chi connectivity index (χ1v) is 7.98. The van der Waals surface area contributed by atoms with Gasteiger partial charge in [-0.2, -0.15) is 13.2 Å². The number of halogens is 4. The van der Waals surface area contributed by atoms with E-state index in [9.17, 15) is 22.4 Å². The molecule has 0 unspecified atom stereocenters. The van der Waals surface area contributed by atoms with Gasteiger partial charge >= 0.3 is 6.18 Å². The molecule has 6 nitrogen and oxygen atoms in total. The maximum atomic E-state index is 14.1. The molecule has 0 spiro atoms. The second-order valence-corrected chi connectivity index (χ2v) is 5.75. The predicted molar refractivity (Wildman–Crippen MR) is 81.7 cm³/mol. The van der Waals surface area contributed by atoms with Crippen molar-refractivity contribution in [3.63, 3.8) is 0 Å². The van der Waals surface area contributed by atoms with E-state index in [1.54, 1.807) is 13.0 Å². The summed E-state index contributed by atoms with van der Waals surface area (Å²) in [6.07, 6.45) is -4.83. The number of aromatic nitrogens is 3. The van der Waals surface area contributed by atoms with E-state index >= 15 is 0 Å². The maximum Gasteiger partial charge on any atom is 0.453 e. The summed E-state index contributed by atoms with van der Waals surface area (Å²) >= 11 is 0. The van der Waals surface area contributed by atoms with Gasteiger partial charge in [0.25, 0.3) is 5.82 Å². The van der Waals surface area contributed by atoms with Crippen molar-refractivity contribution in [2.24, 2.45) is 0 Å². The fraction of sp³-hybridized carbons (Fsp3) is 0.438. The van der Waals surface area contributed by atoms with Crippen LogP contribution in [0.5, 0.6) is 5.75 Å². The lowest BCUT2D eigenvalue weighted by Crippen LogP contribution is -2.39. The fourth-order valence-corrected chi connectivity index (χ4v) is 2.67. The molecule has 0 fully saturated rings. The highest BCUT2D eigenvalue weighted by molar-refractivity contribution is 5.79. The number of nitrogens with zero attached hydrogens (tertiary/aromatic N) is 4. The zero-order chi connectivity index (χ0) is 18.9. The van der Waals surface area contributed by atoms with Gasteiger partial charge in [0.15, 0.2) is 0 Å². The van der Waals surface area contributed by atoms with Gasteiger partial charge in [-0.05, 0) is 18.6 Å². The number of carbonyl (C=O) groups excluding carboxylic acids is 1. The number of benzene rings is 1. The Kier molecular flexibility index (Phi) is 4.84. The SMILES string of the molecule is CCOc1ccc(CC(=O)N2CCn3nc(C(F)(F)F)nc3C2)c(F)c1. The number of rotatable bonds is 4. The van der Waals surface area contributed by atoms with Crippen molar-refractivity contribution < 1.29 is 27.1 Å². The first-order valence-electron chi connectivity index (χ1n) is 7.98. The number of alkyl halides is 3. The Morgan fingerprint density at radius 2 is 2.08 bits per heavy atom. The molecule has 0 saturated carbocycles. The summed E-state index contributed by atoms with van der Waals surface area (Å²) in [6.45, 7) is 2.36. The van der Waals surface area contributed by atoms with Crippen molar-refractivity contribution in [1.82, 2.24) is 19.7 Å². The van der Waals surface area contributed by atoms with E-state index in [1.165, 1.54) is 17.0 Å². The third-order valence-electron chi connectivity index (χ3n) is 3.95. The number of hydrogen-bond acceptors (Lipinski definition) is 4. The second-order valence-electron chi connectivity index (χ2n) is 5.75. The minimum atomic E-state index is -4.63. The molecule has 1 aromatic carbocycles. The van der Waals surface area contributed by atoms with Crippen molar-refractivity contribution in [3.8, 4) is 5.75 Å². The average Bonchev–Trinajstić information content (AvgIpc) is 3.01. The molecule has 0 N–H and O–H groups in total. The number of amides is 1. The van der Waals surface area contributed by atoms with Gasteiger partial charge in [-0.25, -0.2) is 14.1 Å². The van der Waals surface area contributed by atoms with Crippen LogP contribution in [0.4, 0.5) is 17.6 Å². The zero-order valence-electron chi connectivity index (χ0n) is 13.9. The lowest BCUT2D eigenvalue weighted by Gasteiger charge is -2.26. The third kappa shape index (κ3) is 3.78. The molecule has 3 rings (SSSR count). The lowest BCUT2D eigenvalue weighted by atomic mass is 10.1. The van der Waals surface area contributed by atoms with Crippen LogP contribution in [-0.4, -0.2) is 38.7 Å². The van der Waals surface area contributed by atoms with E-state index in [0.717, 1.165) is 4.68 Å². The van der Waals surface area contributed by atoms with Gasteiger partial charge in [0.05, 0.1) is 26.1 Å². The number of hydrogen-bond donors (Lipinski definition) is 0. The standard InChI is InChI=1S/C16H16F4N4O2/c1-2-26-11-4-3-10(12(17)8-11)7-14(25)23-5-6-24-13(9-23)21-15(22-24)16(18,19)20/h3-4,8H,2,5-7,9H2,1H3. The van der Waals surface area contributed by atoms with Crippen LogP contribution in [0.3, 0.4) is 0 Å². The second kappa shape index (κ2) is 6.93. The van der Waals surface area contributed by atoms with Gasteiger partial charge in [0.1, 0.15) is 17.4 Å². The molecule has 2 aromatic rings. The summed E-state index contributed by atoms with van der Waals surface area (Å²) in [5.74, 6) is -1.75. The quantitative estimate of drug-likeness (QED) is 0.774. The summed E-state index contributed by atoms with van der Waals surface area (Å²) in [6, 6.07) is 4.23. The molecule has 26 heavy (non-hydrogen) atoms. The first-order chi connectivity index (χ1) is 12.3. The molecule has 140 valence electrons. The van der Waals surface area contributed by atoms with Crippen molar-refractivity contribution in [1.29, 1.82) is 0 Å². The molecule has 0 aliphatic carbocycles. The highest BCUT2D eigenvalue weighted by Crippen LogP contribution is 2.27. The molecule has 10 heteroatoms. The Hall–Kier alpha value is -2.65. The largest absolute Gasteiger partial charge is 0.494 e. The van der Waals surface area contributed by atoms with Crippen molar-refractivity contribution in [3.05, 3.63) is 41.2 Å². The summed E-state index contributed by atoms with van der Waals surface area (Å²) in [5.41, 5.74) is 0.196. The molecule has 0 bridgehead atoms. The van der Waals surface area contributed by atoms with E-state index < -0.39 is 23.7 Å². The van der Waals surface area contributed by atoms with Gasteiger partial charge in [-0.1, -0.05) is 6.07 Å². The van der Waals surface area contributed by atoms with Gasteiger partial charge in [-0.15, -0.1) is 5.10 Å². The molecular weight excluding hydrogens is 356 g/mol. The Labute approximate surface area is 146 Å². The minimum absolute atomic E-state index is 0.0593. The summed E-state index contributed by atoms with van der Waals surface area (Å²) in [5, 5.41) is 3.41. The molecule has 2 heterocycles. The summed E-state index contributed by atoms with van der Waals surface area (Å²) < 4.78 is 58.4. The van der Waals surface area contributed by atoms with E-state index in [-0.39, 0.29) is 37.4 Å². The lowest BCUT2D eigenvalue weighted by molar-refractivity contribution is -0.145. The zero-order valence-corrected chi connectivity index (χ0v) is 13.9. The molecule has 1 aromatic heterocycles. The van der Waals surface area contributed by atoms with Crippen LogP contribution < -0.4 is 4.74 Å². The van der Waals surface area contributed by atoms with Crippen molar-refractivity contribution in [2.45, 2.75) is 32.6 Å². The summed E-state index contributed by atoms with van der Waals surface area (Å²) in [7, 11) is 0. The van der Waals surface area contributed by atoms with Gasteiger partial charge in [-0.3, -0.25) is 4.79 Å². The third-order valence-corrected chi connectivity index (χ3v) is 3.95. The van der Waals surface area contributed by atoms with E-state index in [1.807, 2.05) is 0 Å². The molecular formula is C16H16F4N4O2. The van der Waals surface area contributed by atoms with Crippen molar-refractivity contribution >= 4 is 5.91 Å². The van der Waals surface area contributed by atoms with Crippen LogP contribution in [0.2, 0.25) is 0 Å². The normalized spacial score (nSPS) is 14.3. The Morgan fingerprint density at radius 1 is 1.31 bits per heavy atom. The number of ether oxygens (including phenoxy) is 1. The number of carbonyl (C=O) groups is 1. The van der Waals surface area contributed by atoms with E-state index in [4.69, 9.17) is 4.74 Å². The summed E-state index contributed by atoms with van der Waals surface area (Å²) in [4.78, 5) is 17.2. The van der Waals surface area contributed by atoms with E-state index in [2.05, 4.69) is 10.1 Å². The Morgan fingerprint density at radius 3 is 2.73 bits per heavy atom. The topological polar surface area (TPSA) is 60.2 Å².